The molecule has 0 radical (unpaired) electrons. The zero-order valence-corrected chi connectivity index (χ0v) is 16.0. The molecule has 1 fully saturated rings. The third-order valence-electron chi connectivity index (χ3n) is 3.25. The molecule has 1 aromatic heterocycles. The van der Waals surface area contributed by atoms with Crippen LogP contribution in [0.25, 0.3) is 0 Å². The van der Waals surface area contributed by atoms with Crippen LogP contribution < -0.4 is 11.1 Å². The molecule has 1 aliphatic heterocycles. The van der Waals surface area contributed by atoms with E-state index in [1.807, 2.05) is 0 Å². The third-order valence-corrected chi connectivity index (χ3v) is 5.24. The molecule has 16 heteroatoms. The number of ether oxygens (including phenoxy) is 1. The van der Waals surface area contributed by atoms with Crippen LogP contribution in [0.5, 0.6) is 0 Å². The molecule has 0 aromatic carbocycles. The summed E-state index contributed by atoms with van der Waals surface area (Å²) in [5.41, 5.74) is 4.88. The van der Waals surface area contributed by atoms with Crippen molar-refractivity contribution in [2.24, 2.45) is 5.16 Å². The SMILES string of the molecule is CON=C(C(=O)NC1C(=O)N(S(=O)(=O)O)C1C(=O)OC)c1nc(N)sc1Cl. The van der Waals surface area contributed by atoms with Crippen LogP contribution in [-0.2, 0) is 34.3 Å². The number of nitrogen functional groups attached to an aromatic ring is 1. The normalized spacial score (nSPS) is 20.1. The Morgan fingerprint density at radius 2 is 2.07 bits per heavy atom. The Labute approximate surface area is 160 Å². The first-order valence-corrected chi connectivity index (χ1v) is 9.34. The highest BCUT2D eigenvalue weighted by Crippen LogP contribution is 2.28. The van der Waals surface area contributed by atoms with Crippen molar-refractivity contribution in [3.05, 3.63) is 10.0 Å². The van der Waals surface area contributed by atoms with E-state index in [2.05, 4.69) is 25.0 Å². The number of halogens is 1. The number of nitrogens with one attached hydrogen (secondary N) is 1. The van der Waals surface area contributed by atoms with Crippen LogP contribution in [0.3, 0.4) is 0 Å². The van der Waals surface area contributed by atoms with Crippen LogP contribution in [0.15, 0.2) is 5.16 Å². The summed E-state index contributed by atoms with van der Waals surface area (Å²) in [5, 5.41) is 5.59. The standard InChI is InChI=1S/C11H12ClN5O8S2/c1-24-10(20)6-5(9(19)17(6)27(21,22)23)14-8(18)4(16-25-2)3-7(12)26-11(13)15-3/h5-6H,1-2H3,(H2,13,15)(H,14,18)(H,21,22,23). The zero-order chi connectivity index (χ0) is 20.5. The van der Waals surface area contributed by atoms with Crippen LogP contribution in [0.4, 0.5) is 5.13 Å². The number of esters is 1. The molecule has 1 aromatic rings. The highest BCUT2D eigenvalue weighted by Gasteiger charge is 2.58. The molecule has 148 valence electrons. The van der Waals surface area contributed by atoms with E-state index >= 15 is 0 Å². The second kappa shape index (κ2) is 7.63. The highest BCUT2D eigenvalue weighted by molar-refractivity contribution is 7.84. The Kier molecular flexibility index (Phi) is 5.88. The lowest BCUT2D eigenvalue weighted by atomic mass is 9.98. The number of hydrogen-bond donors (Lipinski definition) is 3. The highest BCUT2D eigenvalue weighted by atomic mass is 35.5. The molecule has 2 atom stereocenters. The molecule has 2 rings (SSSR count). The lowest BCUT2D eigenvalue weighted by molar-refractivity contribution is -0.162. The third kappa shape index (κ3) is 3.95. The Bertz CT molecular complexity index is 929. The van der Waals surface area contributed by atoms with Crippen molar-refractivity contribution in [3.8, 4) is 0 Å². The molecular weight excluding hydrogens is 430 g/mol. The van der Waals surface area contributed by atoms with Crippen molar-refractivity contribution in [2.75, 3.05) is 20.0 Å². The second-order valence-corrected chi connectivity index (χ2v) is 7.75. The van der Waals surface area contributed by atoms with E-state index in [0.717, 1.165) is 25.6 Å². The molecule has 13 nitrogen and oxygen atoms in total. The number of thiazole rings is 1. The number of nitrogens with zero attached hydrogens (tertiary/aromatic N) is 3. The summed E-state index contributed by atoms with van der Waals surface area (Å²) in [5.74, 6) is -3.51. The molecule has 0 saturated carbocycles. The maximum atomic E-state index is 12.5. The van der Waals surface area contributed by atoms with Gasteiger partial charge in [-0.2, -0.15) is 12.7 Å². The summed E-state index contributed by atoms with van der Waals surface area (Å²) in [7, 11) is -2.99. The van der Waals surface area contributed by atoms with E-state index < -0.39 is 45.9 Å². The van der Waals surface area contributed by atoms with Gasteiger partial charge < -0.3 is 20.6 Å². The van der Waals surface area contributed by atoms with Crippen LogP contribution in [0, 0.1) is 0 Å². The average molecular weight is 442 g/mol. The number of nitrogens with two attached hydrogens (primary N) is 1. The second-order valence-electron chi connectivity index (χ2n) is 4.83. The molecular formula is C11H12ClN5O8S2. The fourth-order valence-electron chi connectivity index (χ4n) is 2.17. The number of anilines is 1. The molecule has 2 unspecified atom stereocenters. The molecule has 27 heavy (non-hydrogen) atoms. The quantitative estimate of drug-likeness (QED) is 0.152. The van der Waals surface area contributed by atoms with Gasteiger partial charge in [0.1, 0.15) is 23.2 Å². The van der Waals surface area contributed by atoms with Crippen LogP contribution >= 0.6 is 22.9 Å². The monoisotopic (exact) mass is 441 g/mol. The Balaban J connectivity index is 2.32. The first kappa shape index (κ1) is 20.8. The summed E-state index contributed by atoms with van der Waals surface area (Å²) >= 11 is 6.76. The number of rotatable bonds is 6. The summed E-state index contributed by atoms with van der Waals surface area (Å²) in [6.45, 7) is 0. The number of methoxy groups -OCH3 is 1. The van der Waals surface area contributed by atoms with Crippen molar-refractivity contribution in [3.63, 3.8) is 0 Å². The molecule has 0 bridgehead atoms. The maximum Gasteiger partial charge on any atom is 0.363 e. The molecule has 0 spiro atoms. The van der Waals surface area contributed by atoms with Gasteiger partial charge in [0.25, 0.3) is 11.8 Å². The summed E-state index contributed by atoms with van der Waals surface area (Å²) in [6, 6.07) is -3.45. The number of carbonyl (C=O) groups excluding carboxylic acids is 3. The van der Waals surface area contributed by atoms with Crippen LogP contribution in [0.1, 0.15) is 5.69 Å². The number of amides is 2. The molecule has 2 heterocycles. The van der Waals surface area contributed by atoms with E-state index in [1.165, 1.54) is 0 Å². The van der Waals surface area contributed by atoms with Gasteiger partial charge in [-0.3, -0.25) is 14.1 Å². The average Bonchev–Trinajstić information content (AvgIpc) is 2.90. The van der Waals surface area contributed by atoms with Gasteiger partial charge in [0, 0.05) is 0 Å². The van der Waals surface area contributed by atoms with Crippen LogP contribution in [0.2, 0.25) is 4.34 Å². The summed E-state index contributed by atoms with van der Waals surface area (Å²) in [6.07, 6.45) is 0. The Hall–Kier alpha value is -2.49. The van der Waals surface area contributed by atoms with Gasteiger partial charge in [-0.25, -0.2) is 9.78 Å². The number of aromatic nitrogens is 1. The maximum absolute atomic E-state index is 12.5. The predicted molar refractivity (Wildman–Crippen MR) is 91.2 cm³/mol. The summed E-state index contributed by atoms with van der Waals surface area (Å²) < 4.78 is 35.8. The molecule has 2 amide bonds. The molecule has 0 aliphatic carbocycles. The van der Waals surface area contributed by atoms with E-state index in [1.54, 1.807) is 0 Å². The van der Waals surface area contributed by atoms with Gasteiger partial charge in [0.2, 0.25) is 0 Å². The number of oxime groups is 1. The first-order valence-electron chi connectivity index (χ1n) is 6.75. The van der Waals surface area contributed by atoms with Gasteiger partial charge in [-0.1, -0.05) is 28.1 Å². The van der Waals surface area contributed by atoms with Gasteiger partial charge >= 0.3 is 16.3 Å². The van der Waals surface area contributed by atoms with E-state index in [9.17, 15) is 22.8 Å². The fourth-order valence-corrected chi connectivity index (χ4v) is 3.93. The van der Waals surface area contributed by atoms with Gasteiger partial charge in [0.05, 0.1) is 7.11 Å². The number of carbonyl (C=O) groups is 3. The number of hydrogen-bond acceptors (Lipinski definition) is 11. The van der Waals surface area contributed by atoms with Gasteiger partial charge in [-0.15, -0.1) is 0 Å². The summed E-state index contributed by atoms with van der Waals surface area (Å²) in [4.78, 5) is 44.6. The van der Waals surface area contributed by atoms with Gasteiger partial charge in [0.15, 0.2) is 16.9 Å². The molecule has 1 saturated heterocycles. The fraction of sp³-hybridized carbons (Fsp3) is 0.364. The first-order chi connectivity index (χ1) is 12.5. The smallest absolute Gasteiger partial charge is 0.363 e. The van der Waals surface area contributed by atoms with Crippen molar-refractivity contribution < 1.29 is 36.9 Å². The minimum absolute atomic E-state index is 0.00228. The zero-order valence-electron chi connectivity index (χ0n) is 13.6. The lowest BCUT2D eigenvalue weighted by Crippen LogP contribution is -2.74. The van der Waals surface area contributed by atoms with Crippen LogP contribution in [-0.4, -0.2) is 72.1 Å². The topological polar surface area (TPSA) is 191 Å². The predicted octanol–water partition coefficient (Wildman–Crippen LogP) is -1.60. The molecule has 1 aliphatic rings. The largest absolute Gasteiger partial charge is 0.467 e. The van der Waals surface area contributed by atoms with E-state index in [-0.39, 0.29) is 19.5 Å². The van der Waals surface area contributed by atoms with E-state index in [0.29, 0.717) is 0 Å². The van der Waals surface area contributed by atoms with E-state index in [4.69, 9.17) is 21.9 Å². The lowest BCUT2D eigenvalue weighted by Gasteiger charge is -2.41. The molecule has 4 N–H and O–H groups in total. The Morgan fingerprint density at radius 3 is 2.52 bits per heavy atom. The Morgan fingerprint density at radius 1 is 1.44 bits per heavy atom. The van der Waals surface area contributed by atoms with Crippen molar-refractivity contribution in [1.82, 2.24) is 14.6 Å². The minimum Gasteiger partial charge on any atom is -0.467 e. The van der Waals surface area contributed by atoms with Gasteiger partial charge in [-0.05, 0) is 0 Å². The van der Waals surface area contributed by atoms with Crippen molar-refractivity contribution in [2.45, 2.75) is 12.1 Å². The number of β-lactam (4-membered cyclic amide) rings is 1. The van der Waals surface area contributed by atoms with Crippen molar-refractivity contribution in [1.29, 1.82) is 0 Å². The van der Waals surface area contributed by atoms with Crippen molar-refractivity contribution >= 4 is 61.9 Å². The minimum atomic E-state index is -5.05.